The molecule has 0 bridgehead atoms. The minimum Gasteiger partial charge on any atom is -0.385 e. The van der Waals surface area contributed by atoms with E-state index in [9.17, 15) is 9.90 Å². The maximum absolute atomic E-state index is 13.2. The molecule has 0 radical (unpaired) electrons. The van der Waals surface area contributed by atoms with Gasteiger partial charge in [-0.3, -0.25) is 4.79 Å². The number of aromatic nitrogens is 2. The van der Waals surface area contributed by atoms with Crippen LogP contribution in [0.25, 0.3) is 0 Å². The summed E-state index contributed by atoms with van der Waals surface area (Å²) in [4.78, 5) is 26.4. The summed E-state index contributed by atoms with van der Waals surface area (Å²) < 4.78 is 0. The second kappa shape index (κ2) is 8.11. The Kier molecular flexibility index (Phi) is 5.54. The van der Waals surface area contributed by atoms with E-state index in [1.54, 1.807) is 6.20 Å². The summed E-state index contributed by atoms with van der Waals surface area (Å²) in [7, 11) is 0. The van der Waals surface area contributed by atoms with Crippen LogP contribution in [-0.2, 0) is 12.0 Å². The van der Waals surface area contributed by atoms with Gasteiger partial charge in [0, 0.05) is 32.4 Å². The Morgan fingerprint density at radius 2 is 1.83 bits per heavy atom. The molecular weight excluding hydrogens is 364 g/mol. The molecule has 154 valence electrons. The van der Waals surface area contributed by atoms with Gasteiger partial charge < -0.3 is 14.9 Å². The number of carbonyl (C=O) groups excluding carboxylic acids is 1. The lowest BCUT2D eigenvalue weighted by Crippen LogP contribution is -2.45. The summed E-state index contributed by atoms with van der Waals surface area (Å²) in [5.41, 5.74) is 2.60. The van der Waals surface area contributed by atoms with Crippen molar-refractivity contribution in [2.45, 2.75) is 51.6 Å². The molecule has 0 saturated carbocycles. The van der Waals surface area contributed by atoms with Gasteiger partial charge in [-0.25, -0.2) is 9.97 Å². The van der Waals surface area contributed by atoms with Crippen LogP contribution in [0.5, 0.6) is 0 Å². The topological polar surface area (TPSA) is 69.6 Å². The second-order valence-electron chi connectivity index (χ2n) is 8.22. The first-order chi connectivity index (χ1) is 14.0. The van der Waals surface area contributed by atoms with Gasteiger partial charge in [-0.1, -0.05) is 31.2 Å². The molecule has 1 amide bonds. The lowest BCUT2D eigenvalue weighted by molar-refractivity contribution is -0.0216. The number of anilines is 1. The highest BCUT2D eigenvalue weighted by atomic mass is 16.3. The van der Waals surface area contributed by atoms with E-state index in [0.717, 1.165) is 35.9 Å². The molecule has 2 aliphatic rings. The zero-order chi connectivity index (χ0) is 20.4. The lowest BCUT2D eigenvalue weighted by Gasteiger charge is -2.39. The fourth-order valence-electron chi connectivity index (χ4n) is 4.54. The van der Waals surface area contributed by atoms with Crippen LogP contribution in [0.2, 0.25) is 0 Å². The average molecular weight is 395 g/mol. The average Bonchev–Trinajstić information content (AvgIpc) is 3.28. The normalized spacial score (nSPS) is 18.9. The van der Waals surface area contributed by atoms with Crippen molar-refractivity contribution in [3.8, 4) is 0 Å². The molecule has 0 aliphatic carbocycles. The summed E-state index contributed by atoms with van der Waals surface area (Å²) in [5, 5.41) is 11.2. The number of nitrogens with zero attached hydrogens (tertiary/aromatic N) is 4. The number of piperidine rings is 1. The predicted molar refractivity (Wildman–Crippen MR) is 113 cm³/mol. The molecule has 2 saturated heterocycles. The van der Waals surface area contributed by atoms with Crippen LogP contribution in [0.1, 0.15) is 59.8 Å². The number of amides is 1. The largest absolute Gasteiger partial charge is 0.385 e. The summed E-state index contributed by atoms with van der Waals surface area (Å²) in [5.74, 6) is 0.713. The predicted octanol–water partition coefficient (Wildman–Crippen LogP) is 3.07. The Balaban J connectivity index is 1.49. The number of hydrogen-bond acceptors (Lipinski definition) is 5. The van der Waals surface area contributed by atoms with Crippen LogP contribution in [-0.4, -0.2) is 52.1 Å². The number of benzene rings is 1. The Labute approximate surface area is 172 Å². The highest BCUT2D eigenvalue weighted by Gasteiger charge is 2.37. The van der Waals surface area contributed by atoms with E-state index < -0.39 is 5.60 Å². The first-order valence-corrected chi connectivity index (χ1v) is 10.7. The van der Waals surface area contributed by atoms with E-state index >= 15 is 0 Å². The van der Waals surface area contributed by atoms with Gasteiger partial charge in [0.15, 0.2) is 0 Å². The molecular formula is C23H30N4O2. The van der Waals surface area contributed by atoms with Crippen molar-refractivity contribution in [1.29, 1.82) is 0 Å². The van der Waals surface area contributed by atoms with Gasteiger partial charge in [-0.15, -0.1) is 0 Å². The number of rotatable bonds is 4. The number of aryl methyl sites for hydroxylation is 2. The molecule has 3 heterocycles. The van der Waals surface area contributed by atoms with Crippen LogP contribution in [0.3, 0.4) is 0 Å². The van der Waals surface area contributed by atoms with Gasteiger partial charge in [0.2, 0.25) is 5.95 Å². The van der Waals surface area contributed by atoms with E-state index in [4.69, 9.17) is 4.98 Å². The first-order valence-electron chi connectivity index (χ1n) is 10.7. The van der Waals surface area contributed by atoms with E-state index in [0.29, 0.717) is 37.9 Å². The molecule has 2 fully saturated rings. The van der Waals surface area contributed by atoms with E-state index in [1.807, 2.05) is 43.0 Å². The van der Waals surface area contributed by atoms with Crippen LogP contribution in [0.4, 0.5) is 5.95 Å². The van der Waals surface area contributed by atoms with Gasteiger partial charge in [0.05, 0.1) is 16.9 Å². The van der Waals surface area contributed by atoms with Crippen molar-refractivity contribution in [2.75, 3.05) is 31.1 Å². The quantitative estimate of drug-likeness (QED) is 0.863. The number of likely N-dealkylation sites (tertiary alicyclic amines) is 1. The lowest BCUT2D eigenvalue weighted by atomic mass is 9.82. The van der Waals surface area contributed by atoms with Crippen molar-refractivity contribution >= 4 is 11.9 Å². The maximum Gasteiger partial charge on any atom is 0.257 e. The Hall–Kier alpha value is -2.47. The van der Waals surface area contributed by atoms with Crippen molar-refractivity contribution in [3.63, 3.8) is 0 Å². The second-order valence-corrected chi connectivity index (χ2v) is 8.22. The van der Waals surface area contributed by atoms with Crippen LogP contribution in [0, 0.1) is 6.92 Å². The molecule has 29 heavy (non-hydrogen) atoms. The molecule has 2 aromatic rings. The molecule has 1 N–H and O–H groups in total. The van der Waals surface area contributed by atoms with Crippen molar-refractivity contribution in [2.24, 2.45) is 0 Å². The standard InChI is InChI=1S/C23H30N4O2/c1-3-20-18(16-24-22(25-20)27-12-6-7-13-27)21(28)26-14-10-23(29,11-15-26)19-9-5-4-8-17(19)2/h4-5,8-9,16,29H,3,6-7,10-15H2,1-2H3. The highest BCUT2D eigenvalue weighted by molar-refractivity contribution is 5.95. The molecule has 1 aromatic carbocycles. The summed E-state index contributed by atoms with van der Waals surface area (Å²) >= 11 is 0. The minimum absolute atomic E-state index is 0.0262. The maximum atomic E-state index is 13.2. The van der Waals surface area contributed by atoms with E-state index in [-0.39, 0.29) is 5.91 Å². The number of carbonyl (C=O) groups is 1. The van der Waals surface area contributed by atoms with E-state index in [1.165, 1.54) is 12.8 Å². The van der Waals surface area contributed by atoms with Crippen molar-refractivity contribution < 1.29 is 9.90 Å². The van der Waals surface area contributed by atoms with Crippen molar-refractivity contribution in [1.82, 2.24) is 14.9 Å². The molecule has 6 nitrogen and oxygen atoms in total. The third kappa shape index (κ3) is 3.86. The third-order valence-corrected chi connectivity index (χ3v) is 6.33. The fraction of sp³-hybridized carbons (Fsp3) is 0.522. The third-order valence-electron chi connectivity index (χ3n) is 6.33. The van der Waals surface area contributed by atoms with Gasteiger partial charge in [-0.2, -0.15) is 0 Å². The van der Waals surface area contributed by atoms with Crippen LogP contribution < -0.4 is 4.90 Å². The van der Waals surface area contributed by atoms with Gasteiger partial charge >= 0.3 is 0 Å². The smallest absolute Gasteiger partial charge is 0.257 e. The Morgan fingerprint density at radius 1 is 1.14 bits per heavy atom. The van der Waals surface area contributed by atoms with Crippen LogP contribution in [0.15, 0.2) is 30.5 Å². The van der Waals surface area contributed by atoms with Gasteiger partial charge in [-0.05, 0) is 50.2 Å². The first kappa shape index (κ1) is 19.8. The van der Waals surface area contributed by atoms with Crippen LogP contribution >= 0.6 is 0 Å². The molecule has 0 unspecified atom stereocenters. The van der Waals surface area contributed by atoms with E-state index in [2.05, 4.69) is 9.88 Å². The molecule has 1 aromatic heterocycles. The fourth-order valence-corrected chi connectivity index (χ4v) is 4.54. The molecule has 4 rings (SSSR count). The summed E-state index contributed by atoms with van der Waals surface area (Å²) in [6, 6.07) is 7.97. The summed E-state index contributed by atoms with van der Waals surface area (Å²) in [6.07, 6.45) is 5.82. The highest BCUT2D eigenvalue weighted by Crippen LogP contribution is 2.35. The SMILES string of the molecule is CCc1nc(N2CCCC2)ncc1C(=O)N1CCC(O)(c2ccccc2C)CC1. The number of aliphatic hydroxyl groups is 1. The number of hydrogen-bond donors (Lipinski definition) is 1. The Bertz CT molecular complexity index is 884. The minimum atomic E-state index is -0.869. The summed E-state index contributed by atoms with van der Waals surface area (Å²) in [6.45, 7) is 7.08. The Morgan fingerprint density at radius 3 is 2.48 bits per heavy atom. The monoisotopic (exact) mass is 394 g/mol. The van der Waals surface area contributed by atoms with Gasteiger partial charge in [0.1, 0.15) is 0 Å². The molecule has 6 heteroatoms. The zero-order valence-corrected chi connectivity index (χ0v) is 17.4. The zero-order valence-electron chi connectivity index (χ0n) is 17.4. The van der Waals surface area contributed by atoms with Gasteiger partial charge in [0.25, 0.3) is 5.91 Å². The molecule has 0 spiro atoms. The van der Waals surface area contributed by atoms with Crippen molar-refractivity contribution in [3.05, 3.63) is 52.8 Å². The molecule has 0 atom stereocenters. The molecule has 2 aliphatic heterocycles.